The summed E-state index contributed by atoms with van der Waals surface area (Å²) < 4.78 is 38.7. The van der Waals surface area contributed by atoms with E-state index in [0.717, 1.165) is 0 Å². The Balaban J connectivity index is 3.38. The number of hydrogen-bond donors (Lipinski definition) is 0. The van der Waals surface area contributed by atoms with E-state index < -0.39 is 38.8 Å². The van der Waals surface area contributed by atoms with E-state index in [1.54, 1.807) is 20.8 Å². The maximum atomic E-state index is 12.9. The van der Waals surface area contributed by atoms with E-state index in [1.807, 2.05) is 0 Å². The van der Waals surface area contributed by atoms with Gasteiger partial charge in [-0.3, -0.25) is 4.79 Å². The van der Waals surface area contributed by atoms with E-state index in [1.165, 1.54) is 0 Å². The fourth-order valence-electron chi connectivity index (χ4n) is 1.54. The lowest BCUT2D eigenvalue weighted by atomic mass is 9.87. The molecule has 0 aliphatic rings. The highest BCUT2D eigenvalue weighted by Gasteiger charge is 2.38. The summed E-state index contributed by atoms with van der Waals surface area (Å²) in [5.41, 5.74) is -2.22. The van der Waals surface area contributed by atoms with Crippen molar-refractivity contribution in [3.8, 4) is 0 Å². The second-order valence-electron chi connectivity index (χ2n) is 5.32. The molecule has 0 amide bonds. The summed E-state index contributed by atoms with van der Waals surface area (Å²) in [6, 6.07) is 0.614. The standard InChI is InChI=1S/C12H12Cl2F3NO/c1-11(2,3)5-7(19)9-6(12(15,16)17)4-8(13)18-10(9)14/h4H,5H2,1-3H3. The maximum absolute atomic E-state index is 12.9. The first-order chi connectivity index (χ1) is 8.42. The molecule has 0 saturated carbocycles. The summed E-state index contributed by atoms with van der Waals surface area (Å²) in [7, 11) is 0. The molecule has 7 heteroatoms. The molecule has 0 fully saturated rings. The molecule has 0 aliphatic carbocycles. The first kappa shape index (κ1) is 16.2. The first-order valence-electron chi connectivity index (χ1n) is 5.38. The van der Waals surface area contributed by atoms with Crippen LogP contribution >= 0.6 is 23.2 Å². The van der Waals surface area contributed by atoms with Gasteiger partial charge in [0.15, 0.2) is 5.78 Å². The lowest BCUT2D eigenvalue weighted by Gasteiger charge is -2.19. The van der Waals surface area contributed by atoms with E-state index >= 15 is 0 Å². The third-order valence-electron chi connectivity index (χ3n) is 2.22. The number of rotatable bonds is 2. The van der Waals surface area contributed by atoms with Gasteiger partial charge in [-0.15, -0.1) is 0 Å². The Morgan fingerprint density at radius 3 is 2.21 bits per heavy atom. The zero-order valence-electron chi connectivity index (χ0n) is 10.5. The van der Waals surface area contributed by atoms with Crippen molar-refractivity contribution in [2.24, 2.45) is 5.41 Å². The van der Waals surface area contributed by atoms with Crippen LogP contribution in [-0.4, -0.2) is 10.8 Å². The molecular weight excluding hydrogens is 302 g/mol. The molecule has 1 aromatic rings. The number of Topliss-reactive ketones (excluding diaryl/α,β-unsaturated/α-hetero) is 1. The number of halogens is 5. The Hall–Kier alpha value is -0.810. The largest absolute Gasteiger partial charge is 0.417 e. The number of carbonyl (C=O) groups is 1. The van der Waals surface area contributed by atoms with Crippen LogP contribution in [0, 0.1) is 5.41 Å². The van der Waals surface area contributed by atoms with Crippen molar-refractivity contribution in [1.82, 2.24) is 4.98 Å². The van der Waals surface area contributed by atoms with Crippen LogP contribution in [0.25, 0.3) is 0 Å². The normalized spacial score (nSPS) is 12.6. The molecule has 0 aromatic carbocycles. The zero-order chi connectivity index (χ0) is 15.0. The van der Waals surface area contributed by atoms with Gasteiger partial charge in [-0.2, -0.15) is 13.2 Å². The minimum absolute atomic E-state index is 0.0703. The first-order valence-corrected chi connectivity index (χ1v) is 6.14. The van der Waals surface area contributed by atoms with Crippen LogP contribution in [0.2, 0.25) is 10.3 Å². The number of nitrogens with zero attached hydrogens (tertiary/aromatic N) is 1. The van der Waals surface area contributed by atoms with Gasteiger partial charge in [-0.25, -0.2) is 4.98 Å². The third kappa shape index (κ3) is 4.35. The van der Waals surface area contributed by atoms with Crippen molar-refractivity contribution in [2.45, 2.75) is 33.4 Å². The Kier molecular flexibility index (Phi) is 4.52. The lowest BCUT2D eigenvalue weighted by Crippen LogP contribution is -2.19. The van der Waals surface area contributed by atoms with Gasteiger partial charge in [-0.1, -0.05) is 44.0 Å². The summed E-state index contributed by atoms with van der Waals surface area (Å²) in [6.45, 7) is 5.24. The van der Waals surface area contributed by atoms with Gasteiger partial charge in [0.1, 0.15) is 10.3 Å². The van der Waals surface area contributed by atoms with Gasteiger partial charge in [0.05, 0.1) is 11.1 Å². The Morgan fingerprint density at radius 2 is 1.79 bits per heavy atom. The van der Waals surface area contributed by atoms with Gasteiger partial charge in [-0.05, 0) is 11.5 Å². The topological polar surface area (TPSA) is 30.0 Å². The second kappa shape index (κ2) is 5.29. The van der Waals surface area contributed by atoms with Crippen molar-refractivity contribution >= 4 is 29.0 Å². The number of aromatic nitrogens is 1. The van der Waals surface area contributed by atoms with Crippen LogP contribution in [0.5, 0.6) is 0 Å². The van der Waals surface area contributed by atoms with Crippen molar-refractivity contribution in [1.29, 1.82) is 0 Å². The fraction of sp³-hybridized carbons (Fsp3) is 0.500. The highest BCUT2D eigenvalue weighted by atomic mass is 35.5. The Labute approximate surface area is 118 Å². The van der Waals surface area contributed by atoms with E-state index in [0.29, 0.717) is 6.07 Å². The van der Waals surface area contributed by atoms with Crippen LogP contribution in [0.1, 0.15) is 43.1 Å². The molecule has 0 saturated heterocycles. The van der Waals surface area contributed by atoms with Gasteiger partial charge >= 0.3 is 6.18 Å². The molecule has 1 rings (SSSR count). The van der Waals surface area contributed by atoms with Crippen molar-refractivity contribution in [3.05, 3.63) is 27.5 Å². The predicted molar refractivity (Wildman–Crippen MR) is 67.7 cm³/mol. The molecule has 0 atom stereocenters. The van der Waals surface area contributed by atoms with Crippen LogP contribution in [0.4, 0.5) is 13.2 Å². The third-order valence-corrected chi connectivity index (χ3v) is 2.69. The molecule has 2 nitrogen and oxygen atoms in total. The number of pyridine rings is 1. The molecule has 1 aromatic heterocycles. The Morgan fingerprint density at radius 1 is 1.26 bits per heavy atom. The van der Waals surface area contributed by atoms with Crippen LogP contribution < -0.4 is 0 Å². The second-order valence-corrected chi connectivity index (χ2v) is 6.06. The summed E-state index contributed by atoms with van der Waals surface area (Å²) in [5, 5.41) is -0.918. The number of ketones is 1. The molecule has 0 N–H and O–H groups in total. The SMILES string of the molecule is CC(C)(C)CC(=O)c1c(C(F)(F)F)cc(Cl)nc1Cl. The monoisotopic (exact) mass is 313 g/mol. The minimum Gasteiger partial charge on any atom is -0.294 e. The lowest BCUT2D eigenvalue weighted by molar-refractivity contribution is -0.138. The number of hydrogen-bond acceptors (Lipinski definition) is 2. The number of alkyl halides is 3. The Bertz CT molecular complexity index is 507. The average molecular weight is 314 g/mol. The van der Waals surface area contributed by atoms with Crippen molar-refractivity contribution < 1.29 is 18.0 Å². The van der Waals surface area contributed by atoms with Crippen molar-refractivity contribution in [2.75, 3.05) is 0 Å². The van der Waals surface area contributed by atoms with Crippen LogP contribution in [0.15, 0.2) is 6.07 Å². The van der Waals surface area contributed by atoms with Gasteiger partial charge in [0, 0.05) is 6.42 Å². The molecule has 0 aliphatic heterocycles. The van der Waals surface area contributed by atoms with Crippen molar-refractivity contribution in [3.63, 3.8) is 0 Å². The van der Waals surface area contributed by atoms with E-state index in [4.69, 9.17) is 23.2 Å². The minimum atomic E-state index is -4.71. The molecule has 0 unspecified atom stereocenters. The average Bonchev–Trinajstić information content (AvgIpc) is 2.11. The summed E-state index contributed by atoms with van der Waals surface area (Å²) in [5.74, 6) is -0.700. The summed E-state index contributed by atoms with van der Waals surface area (Å²) in [6.07, 6.45) is -4.78. The number of carbonyl (C=O) groups excluding carboxylic acids is 1. The summed E-state index contributed by atoms with van der Waals surface area (Å²) >= 11 is 11.1. The molecule has 19 heavy (non-hydrogen) atoms. The molecule has 106 valence electrons. The molecule has 0 spiro atoms. The van der Waals surface area contributed by atoms with Gasteiger partial charge < -0.3 is 0 Å². The maximum Gasteiger partial charge on any atom is 0.417 e. The molecule has 0 radical (unpaired) electrons. The van der Waals surface area contributed by atoms with Crippen LogP contribution in [0.3, 0.4) is 0 Å². The summed E-state index contributed by atoms with van der Waals surface area (Å²) in [4.78, 5) is 15.5. The van der Waals surface area contributed by atoms with E-state index in [-0.39, 0.29) is 6.42 Å². The highest BCUT2D eigenvalue weighted by molar-refractivity contribution is 6.35. The van der Waals surface area contributed by atoms with Gasteiger partial charge in [0.25, 0.3) is 0 Å². The molecular formula is C12H12Cl2F3NO. The molecule has 1 heterocycles. The fourth-order valence-corrected chi connectivity index (χ4v) is 2.08. The van der Waals surface area contributed by atoms with Gasteiger partial charge in [0.2, 0.25) is 0 Å². The smallest absolute Gasteiger partial charge is 0.294 e. The molecule has 0 bridgehead atoms. The van der Waals surface area contributed by atoms with E-state index in [2.05, 4.69) is 4.98 Å². The quantitative estimate of drug-likeness (QED) is 0.566. The predicted octanol–water partition coefficient (Wildman–Crippen LogP) is 5.03. The van der Waals surface area contributed by atoms with E-state index in [9.17, 15) is 18.0 Å². The van der Waals surface area contributed by atoms with Crippen LogP contribution in [-0.2, 0) is 6.18 Å². The highest BCUT2D eigenvalue weighted by Crippen LogP contribution is 2.37. The zero-order valence-corrected chi connectivity index (χ0v) is 12.0.